The lowest BCUT2D eigenvalue weighted by Gasteiger charge is -2.33. The van der Waals surface area contributed by atoms with Gasteiger partial charge in [-0.25, -0.2) is 9.18 Å². The summed E-state index contributed by atoms with van der Waals surface area (Å²) < 4.78 is 22.2. The number of piperidine rings is 1. The van der Waals surface area contributed by atoms with Crippen LogP contribution in [0.3, 0.4) is 0 Å². The lowest BCUT2D eigenvalue weighted by molar-refractivity contribution is -0.120. The van der Waals surface area contributed by atoms with Crippen molar-refractivity contribution in [3.63, 3.8) is 0 Å². The zero-order valence-corrected chi connectivity index (χ0v) is 20.4. The first-order valence-corrected chi connectivity index (χ1v) is 12.4. The SMILES string of the molecule is CC.Cc1nc2ccc(C34CCN(CC5CC5)CC3(C)O4)c(F)c2cc1N1CCC(=O)NC1=O. The summed E-state index contributed by atoms with van der Waals surface area (Å²) in [5.41, 5.74) is 1.27. The van der Waals surface area contributed by atoms with Crippen molar-refractivity contribution in [2.45, 2.75) is 64.6 Å². The van der Waals surface area contributed by atoms with Crippen molar-refractivity contribution in [3.05, 3.63) is 35.3 Å². The summed E-state index contributed by atoms with van der Waals surface area (Å²) in [6.45, 7) is 11.0. The molecule has 1 N–H and O–H groups in total. The van der Waals surface area contributed by atoms with Gasteiger partial charge >= 0.3 is 6.03 Å². The lowest BCUT2D eigenvalue weighted by Crippen LogP contribution is -2.49. The molecule has 4 heterocycles. The average molecular weight is 469 g/mol. The molecule has 1 aliphatic carbocycles. The molecule has 0 spiro atoms. The van der Waals surface area contributed by atoms with E-state index < -0.39 is 11.6 Å². The predicted molar refractivity (Wildman–Crippen MR) is 128 cm³/mol. The van der Waals surface area contributed by atoms with Gasteiger partial charge in [-0.2, -0.15) is 0 Å². The molecule has 34 heavy (non-hydrogen) atoms. The predicted octanol–water partition coefficient (Wildman–Crippen LogP) is 4.25. The zero-order chi connectivity index (χ0) is 24.3. The van der Waals surface area contributed by atoms with E-state index in [1.807, 2.05) is 26.0 Å². The molecule has 2 atom stereocenters. The molecule has 6 rings (SSSR count). The number of carbonyl (C=O) groups is 2. The van der Waals surface area contributed by atoms with Crippen molar-refractivity contribution < 1.29 is 18.7 Å². The fraction of sp³-hybridized carbons (Fsp3) is 0.577. The molecule has 8 heteroatoms. The van der Waals surface area contributed by atoms with Gasteiger partial charge in [0.15, 0.2) is 0 Å². The normalized spacial score (nSPS) is 28.8. The summed E-state index contributed by atoms with van der Waals surface area (Å²) in [4.78, 5) is 32.4. The van der Waals surface area contributed by atoms with Crippen LogP contribution in [-0.2, 0) is 15.1 Å². The van der Waals surface area contributed by atoms with E-state index in [4.69, 9.17) is 4.74 Å². The second kappa shape index (κ2) is 8.27. The first-order valence-electron chi connectivity index (χ1n) is 12.4. The van der Waals surface area contributed by atoms with Crippen LogP contribution in [0.4, 0.5) is 14.9 Å². The number of aromatic nitrogens is 1. The van der Waals surface area contributed by atoms with E-state index in [0.717, 1.165) is 32.0 Å². The van der Waals surface area contributed by atoms with Gasteiger partial charge in [0, 0.05) is 43.5 Å². The van der Waals surface area contributed by atoms with E-state index >= 15 is 4.39 Å². The number of rotatable bonds is 4. The molecule has 0 bridgehead atoms. The molecule has 7 nitrogen and oxygen atoms in total. The third-order valence-corrected chi connectivity index (χ3v) is 7.61. The number of fused-ring (bicyclic) bond motifs is 2. The number of carbonyl (C=O) groups excluding carboxylic acids is 2. The number of hydrogen-bond donors (Lipinski definition) is 1. The fourth-order valence-corrected chi connectivity index (χ4v) is 5.63. The molecule has 1 saturated carbocycles. The summed E-state index contributed by atoms with van der Waals surface area (Å²) in [6, 6.07) is 4.85. The molecule has 4 aliphatic rings. The van der Waals surface area contributed by atoms with Gasteiger partial charge in [0.25, 0.3) is 0 Å². The van der Waals surface area contributed by atoms with Crippen LogP contribution in [0.5, 0.6) is 0 Å². The van der Waals surface area contributed by atoms with E-state index in [9.17, 15) is 9.59 Å². The molecular formula is C26H33FN4O3. The van der Waals surface area contributed by atoms with Crippen LogP contribution in [0, 0.1) is 18.7 Å². The van der Waals surface area contributed by atoms with Crippen molar-refractivity contribution in [1.82, 2.24) is 15.2 Å². The summed E-state index contributed by atoms with van der Waals surface area (Å²) in [7, 11) is 0. The molecule has 3 amide bonds. The Kier molecular flexibility index (Phi) is 5.64. The van der Waals surface area contributed by atoms with Gasteiger partial charge in [0.2, 0.25) is 5.91 Å². The number of urea groups is 1. The maximum Gasteiger partial charge on any atom is 0.328 e. The third kappa shape index (κ3) is 3.67. The Labute approximate surface area is 199 Å². The first kappa shape index (κ1) is 23.2. The highest BCUT2D eigenvalue weighted by atomic mass is 19.1. The van der Waals surface area contributed by atoms with Crippen LogP contribution in [0.25, 0.3) is 10.9 Å². The van der Waals surface area contributed by atoms with Gasteiger partial charge in [-0.05, 0) is 51.2 Å². The van der Waals surface area contributed by atoms with E-state index in [1.165, 1.54) is 17.7 Å². The molecule has 182 valence electrons. The smallest absolute Gasteiger partial charge is 0.328 e. The fourth-order valence-electron chi connectivity index (χ4n) is 5.63. The maximum atomic E-state index is 15.9. The molecule has 3 aliphatic heterocycles. The van der Waals surface area contributed by atoms with Crippen molar-refractivity contribution in [1.29, 1.82) is 0 Å². The van der Waals surface area contributed by atoms with Crippen molar-refractivity contribution in [3.8, 4) is 0 Å². The van der Waals surface area contributed by atoms with Crippen LogP contribution in [0.15, 0.2) is 18.2 Å². The molecule has 4 fully saturated rings. The number of likely N-dealkylation sites (tertiary alicyclic amines) is 1. The number of imide groups is 1. The molecule has 2 unspecified atom stereocenters. The highest BCUT2D eigenvalue weighted by molar-refractivity contribution is 6.06. The molecule has 1 aromatic carbocycles. The Balaban J connectivity index is 0.00000117. The molecule has 3 saturated heterocycles. The van der Waals surface area contributed by atoms with E-state index in [0.29, 0.717) is 27.8 Å². The van der Waals surface area contributed by atoms with Crippen LogP contribution in [0.1, 0.15) is 57.7 Å². The minimum absolute atomic E-state index is 0.207. The van der Waals surface area contributed by atoms with Crippen molar-refractivity contribution in [2.24, 2.45) is 5.92 Å². The monoisotopic (exact) mass is 468 g/mol. The maximum absolute atomic E-state index is 15.9. The number of pyridine rings is 1. The van der Waals surface area contributed by atoms with Gasteiger partial charge in [-0.3, -0.25) is 24.9 Å². The average Bonchev–Trinajstić information content (AvgIpc) is 3.72. The Morgan fingerprint density at radius 3 is 2.68 bits per heavy atom. The number of hydrogen-bond acceptors (Lipinski definition) is 5. The van der Waals surface area contributed by atoms with Gasteiger partial charge < -0.3 is 4.74 Å². The molecule has 2 aromatic rings. The Bertz CT molecular complexity index is 1170. The largest absolute Gasteiger partial charge is 0.356 e. The van der Waals surface area contributed by atoms with Crippen LogP contribution in [0.2, 0.25) is 0 Å². The van der Waals surface area contributed by atoms with Gasteiger partial charge in [-0.15, -0.1) is 0 Å². The second-order valence-corrected chi connectivity index (χ2v) is 9.93. The van der Waals surface area contributed by atoms with Gasteiger partial charge in [-0.1, -0.05) is 19.9 Å². The van der Waals surface area contributed by atoms with Gasteiger partial charge in [0.1, 0.15) is 17.0 Å². The minimum Gasteiger partial charge on any atom is -0.356 e. The summed E-state index contributed by atoms with van der Waals surface area (Å²) in [5, 5.41) is 2.70. The first-order chi connectivity index (χ1) is 16.3. The Morgan fingerprint density at radius 1 is 1.24 bits per heavy atom. The van der Waals surface area contributed by atoms with Crippen LogP contribution < -0.4 is 10.2 Å². The standard InChI is InChI=1S/C24H27FN4O3.C2H6/c1-14-19(29-9-7-20(30)27-22(29)31)11-16-18(26-14)6-5-17(21(16)25)24-8-10-28(12-15-3-4-15)13-23(24,2)32-24;1-2/h5-6,11,15H,3-4,7-10,12-13H2,1-2H3,(H,27,30,31);1-2H3. The van der Waals surface area contributed by atoms with Crippen molar-refractivity contribution in [2.75, 3.05) is 31.1 Å². The Morgan fingerprint density at radius 2 is 2.00 bits per heavy atom. The number of benzene rings is 1. The van der Waals surface area contributed by atoms with E-state index in [2.05, 4.69) is 22.1 Å². The summed E-state index contributed by atoms with van der Waals surface area (Å²) >= 11 is 0. The Hall–Kier alpha value is -2.58. The van der Waals surface area contributed by atoms with Crippen LogP contribution >= 0.6 is 0 Å². The third-order valence-electron chi connectivity index (χ3n) is 7.61. The number of halogens is 1. The van der Waals surface area contributed by atoms with E-state index in [1.54, 1.807) is 13.0 Å². The summed E-state index contributed by atoms with van der Waals surface area (Å²) in [5.74, 6) is 0.185. The minimum atomic E-state index is -0.606. The quantitative estimate of drug-likeness (QED) is 0.679. The lowest BCUT2D eigenvalue weighted by atomic mass is 9.80. The topological polar surface area (TPSA) is 78.1 Å². The highest BCUT2D eigenvalue weighted by Gasteiger charge is 2.70. The van der Waals surface area contributed by atoms with Gasteiger partial charge in [0.05, 0.1) is 16.9 Å². The number of ether oxygens (including phenoxy) is 1. The highest BCUT2D eigenvalue weighted by Crippen LogP contribution is 2.61. The van der Waals surface area contributed by atoms with E-state index in [-0.39, 0.29) is 30.3 Å². The number of nitrogens with zero attached hydrogens (tertiary/aromatic N) is 3. The number of amides is 3. The van der Waals surface area contributed by atoms with Crippen LogP contribution in [-0.4, -0.2) is 53.6 Å². The number of epoxide rings is 1. The molecule has 1 aromatic heterocycles. The second-order valence-electron chi connectivity index (χ2n) is 9.93. The number of aryl methyl sites for hydroxylation is 1. The number of nitrogens with one attached hydrogen (secondary N) is 1. The number of anilines is 1. The molecular weight excluding hydrogens is 435 g/mol. The molecule has 0 radical (unpaired) electrons. The zero-order valence-electron chi connectivity index (χ0n) is 20.4. The van der Waals surface area contributed by atoms with Crippen molar-refractivity contribution >= 4 is 28.5 Å². The summed E-state index contributed by atoms with van der Waals surface area (Å²) in [6.07, 6.45) is 3.60.